The number of nitrogens with one attached hydrogen (secondary N) is 2. The Morgan fingerprint density at radius 2 is 1.24 bits per heavy atom. The minimum atomic E-state index is -0.362. The molecule has 0 aliphatic carbocycles. The number of likely N-dealkylation sites (tertiary alicyclic amines) is 1. The number of rotatable bonds is 9. The van der Waals surface area contributed by atoms with E-state index in [1.807, 2.05) is 97.5 Å². The molecule has 3 N–H and O–H groups in total. The zero-order valence-electron chi connectivity index (χ0n) is 28.2. The van der Waals surface area contributed by atoms with Crippen LogP contribution in [0.3, 0.4) is 0 Å². The lowest BCUT2D eigenvalue weighted by molar-refractivity contribution is -0.385. The first-order chi connectivity index (χ1) is 25.0. The van der Waals surface area contributed by atoms with Crippen LogP contribution >= 0.6 is 0 Å². The number of nitrogens with zero attached hydrogens (tertiary/aromatic N) is 2. The third-order valence-corrected chi connectivity index (χ3v) is 8.37. The third-order valence-electron chi connectivity index (χ3n) is 8.37. The fourth-order valence-electron chi connectivity index (χ4n) is 5.62. The van der Waals surface area contributed by atoms with Crippen LogP contribution in [0, 0.1) is 10.1 Å². The normalized spacial score (nSPS) is 12.3. The van der Waals surface area contributed by atoms with Gasteiger partial charge in [-0.05, 0) is 95.5 Å². The Labute approximate surface area is 296 Å². The van der Waals surface area contributed by atoms with Gasteiger partial charge in [-0.1, -0.05) is 60.7 Å². The molecule has 8 rings (SSSR count). The van der Waals surface area contributed by atoms with Gasteiger partial charge in [0.2, 0.25) is 0 Å². The van der Waals surface area contributed by atoms with Crippen molar-refractivity contribution in [3.05, 3.63) is 173 Å². The Balaban J connectivity index is 0.000000143. The largest absolute Gasteiger partial charge is 0.508 e. The van der Waals surface area contributed by atoms with Crippen LogP contribution in [0.15, 0.2) is 146 Å². The Bertz CT molecular complexity index is 2170. The minimum absolute atomic E-state index is 0.0657. The summed E-state index contributed by atoms with van der Waals surface area (Å²) in [4.78, 5) is 19.3. The zero-order chi connectivity index (χ0) is 35.3. The molecule has 2 aromatic heterocycles. The fraction of sp³-hybridized carbons (Fsp3) is 0.143. The zero-order valence-corrected chi connectivity index (χ0v) is 28.2. The van der Waals surface area contributed by atoms with Crippen LogP contribution in [0.5, 0.6) is 17.2 Å². The molecule has 9 nitrogen and oxygen atoms in total. The molecule has 0 atom stereocenters. The topological polar surface area (TPSA) is 117 Å². The first-order valence-corrected chi connectivity index (χ1v) is 16.9. The van der Waals surface area contributed by atoms with Gasteiger partial charge in [-0.15, -0.1) is 0 Å². The van der Waals surface area contributed by atoms with Gasteiger partial charge in [0.05, 0.1) is 16.6 Å². The number of ether oxygens (including phenoxy) is 2. The maximum absolute atomic E-state index is 11.3. The molecule has 1 aliphatic heterocycles. The average Bonchev–Trinajstić information content (AvgIpc) is 3.96. The lowest BCUT2D eigenvalue weighted by atomic mass is 10.1. The SMILES string of the molecule is O=[N+]([O-])c1cc(OCc2ccccc2)ccc1/C=C/N1CCCC1.Oc1ccc2cc[nH]c2c1.c1ccc(COc2ccc3cc[nH]c3c2)cc1. The summed E-state index contributed by atoms with van der Waals surface area (Å²) in [5.41, 5.74) is 4.95. The van der Waals surface area contributed by atoms with E-state index in [2.05, 4.69) is 39.1 Å². The summed E-state index contributed by atoms with van der Waals surface area (Å²) < 4.78 is 11.4. The first-order valence-electron chi connectivity index (χ1n) is 16.9. The molecule has 0 amide bonds. The second-order valence-electron chi connectivity index (χ2n) is 12.1. The van der Waals surface area contributed by atoms with Crippen molar-refractivity contribution in [1.82, 2.24) is 14.9 Å². The van der Waals surface area contributed by atoms with Crippen molar-refractivity contribution >= 4 is 33.6 Å². The maximum atomic E-state index is 11.3. The molecule has 7 aromatic rings. The molecule has 51 heavy (non-hydrogen) atoms. The van der Waals surface area contributed by atoms with Crippen molar-refractivity contribution in [3.8, 4) is 17.2 Å². The van der Waals surface area contributed by atoms with E-state index in [1.165, 1.54) is 29.9 Å². The highest BCUT2D eigenvalue weighted by molar-refractivity contribution is 5.81. The molecular formula is C42H40N4O5. The highest BCUT2D eigenvalue weighted by Crippen LogP contribution is 2.27. The second kappa shape index (κ2) is 17.3. The van der Waals surface area contributed by atoms with Gasteiger partial charge in [-0.3, -0.25) is 10.1 Å². The number of aromatic hydroxyl groups is 1. The molecule has 258 valence electrons. The molecule has 1 aliphatic rings. The average molecular weight is 681 g/mol. The van der Waals surface area contributed by atoms with Crippen molar-refractivity contribution < 1.29 is 19.5 Å². The van der Waals surface area contributed by atoms with Crippen LogP contribution in [0.4, 0.5) is 5.69 Å². The van der Waals surface area contributed by atoms with E-state index < -0.39 is 0 Å². The Morgan fingerprint density at radius 3 is 1.84 bits per heavy atom. The van der Waals surface area contributed by atoms with Gasteiger partial charge in [0.25, 0.3) is 5.69 Å². The van der Waals surface area contributed by atoms with Gasteiger partial charge in [-0.2, -0.15) is 0 Å². The van der Waals surface area contributed by atoms with Gasteiger partial charge in [0.15, 0.2) is 0 Å². The molecule has 1 fully saturated rings. The summed E-state index contributed by atoms with van der Waals surface area (Å²) in [7, 11) is 0. The lowest BCUT2D eigenvalue weighted by Gasteiger charge is -2.10. The molecule has 0 spiro atoms. The number of nitro benzene ring substituents is 1. The van der Waals surface area contributed by atoms with Crippen molar-refractivity contribution in [2.45, 2.75) is 26.1 Å². The number of phenols is 1. The molecule has 0 bridgehead atoms. The summed E-state index contributed by atoms with van der Waals surface area (Å²) in [6.45, 7) is 3.03. The van der Waals surface area contributed by atoms with Gasteiger partial charge in [0.1, 0.15) is 30.5 Å². The lowest BCUT2D eigenvalue weighted by Crippen LogP contribution is -2.10. The van der Waals surface area contributed by atoms with Gasteiger partial charge < -0.3 is 29.4 Å². The van der Waals surface area contributed by atoms with E-state index in [4.69, 9.17) is 14.6 Å². The van der Waals surface area contributed by atoms with E-state index >= 15 is 0 Å². The highest BCUT2D eigenvalue weighted by atomic mass is 16.6. The minimum Gasteiger partial charge on any atom is -0.508 e. The molecule has 0 unspecified atom stereocenters. The Hall–Kier alpha value is -6.48. The Kier molecular flexibility index (Phi) is 11.6. The number of H-pyrrole nitrogens is 2. The Morgan fingerprint density at radius 1 is 0.686 bits per heavy atom. The quantitative estimate of drug-likeness (QED) is 0.103. The number of hydrogen-bond acceptors (Lipinski definition) is 6. The van der Waals surface area contributed by atoms with Crippen LogP contribution in [-0.4, -0.2) is 38.0 Å². The predicted molar refractivity (Wildman–Crippen MR) is 203 cm³/mol. The highest BCUT2D eigenvalue weighted by Gasteiger charge is 2.14. The van der Waals surface area contributed by atoms with Crippen LogP contribution in [0.25, 0.3) is 27.9 Å². The summed E-state index contributed by atoms with van der Waals surface area (Å²) in [6.07, 6.45) is 9.90. The summed E-state index contributed by atoms with van der Waals surface area (Å²) in [5.74, 6) is 1.70. The molecule has 5 aromatic carbocycles. The van der Waals surface area contributed by atoms with Crippen LogP contribution < -0.4 is 9.47 Å². The molecule has 1 saturated heterocycles. The van der Waals surface area contributed by atoms with Crippen molar-refractivity contribution in [3.63, 3.8) is 0 Å². The number of phenolic OH excluding ortho intramolecular Hbond substituents is 1. The van der Waals surface area contributed by atoms with Crippen LogP contribution in [0.1, 0.15) is 29.5 Å². The van der Waals surface area contributed by atoms with E-state index in [0.29, 0.717) is 30.3 Å². The number of hydrogen-bond donors (Lipinski definition) is 3. The van der Waals surface area contributed by atoms with E-state index in [9.17, 15) is 10.1 Å². The van der Waals surface area contributed by atoms with Crippen molar-refractivity contribution in [1.29, 1.82) is 0 Å². The second-order valence-corrected chi connectivity index (χ2v) is 12.1. The maximum Gasteiger partial charge on any atom is 0.280 e. The summed E-state index contributed by atoms with van der Waals surface area (Å²) >= 11 is 0. The molecule has 3 heterocycles. The van der Waals surface area contributed by atoms with E-state index in [0.717, 1.165) is 40.8 Å². The summed E-state index contributed by atoms with van der Waals surface area (Å²) in [5, 5.41) is 22.7. The van der Waals surface area contributed by atoms with E-state index in [1.54, 1.807) is 24.3 Å². The number of nitro groups is 1. The number of fused-ring (bicyclic) bond motifs is 2. The first kappa shape index (κ1) is 34.4. The smallest absolute Gasteiger partial charge is 0.280 e. The third kappa shape index (κ3) is 10.0. The van der Waals surface area contributed by atoms with Crippen molar-refractivity contribution in [2.75, 3.05) is 13.1 Å². The van der Waals surface area contributed by atoms with Gasteiger partial charge in [-0.25, -0.2) is 0 Å². The number of aromatic nitrogens is 2. The van der Waals surface area contributed by atoms with Crippen LogP contribution in [-0.2, 0) is 13.2 Å². The fourth-order valence-corrected chi connectivity index (χ4v) is 5.62. The standard InChI is InChI=1S/C19H20N2O3.C15H13NO.C8H7NO/c22-21(23)19-14-18(24-15-16-6-2-1-3-7-16)9-8-17(19)10-13-20-11-4-5-12-20;1-2-4-12(5-3-1)11-17-14-7-6-13-8-9-16-15(13)10-14;10-7-2-1-6-3-4-9-8(6)5-7/h1-3,6-10,13-14H,4-5,11-12,15H2;1-10,16H,11H2;1-5,9-10H/b13-10+;;. The van der Waals surface area contributed by atoms with Crippen LogP contribution in [0.2, 0.25) is 0 Å². The van der Waals surface area contributed by atoms with E-state index in [-0.39, 0.29) is 10.6 Å². The number of benzene rings is 5. The van der Waals surface area contributed by atoms with Gasteiger partial charge in [0, 0.05) is 48.6 Å². The molecule has 0 saturated carbocycles. The monoisotopic (exact) mass is 680 g/mol. The predicted octanol–water partition coefficient (Wildman–Crippen LogP) is 9.86. The number of aromatic amines is 2. The molecule has 9 heteroatoms. The summed E-state index contributed by atoms with van der Waals surface area (Å²) in [6, 6.07) is 40.3. The van der Waals surface area contributed by atoms with Crippen molar-refractivity contribution in [2.24, 2.45) is 0 Å². The molecule has 0 radical (unpaired) electrons. The molecular weight excluding hydrogens is 640 g/mol. The van der Waals surface area contributed by atoms with Gasteiger partial charge >= 0.3 is 0 Å².